The molecule has 3 aliphatic heterocycles. The van der Waals surface area contributed by atoms with Crippen molar-refractivity contribution in [3.8, 4) is 0 Å². The number of ether oxygens (including phenoxy) is 4. The summed E-state index contributed by atoms with van der Waals surface area (Å²) < 4.78 is 23.4. The quantitative estimate of drug-likeness (QED) is 0.165. The fraction of sp³-hybridized carbons (Fsp3) is 0.923. The van der Waals surface area contributed by atoms with Crippen LogP contribution < -0.4 is 0 Å². The number of fused-ring (bicyclic) bond motifs is 5. The summed E-state index contributed by atoms with van der Waals surface area (Å²) in [4.78, 5) is 5.00. The van der Waals surface area contributed by atoms with Crippen LogP contribution in [0.25, 0.3) is 0 Å². The third kappa shape index (κ3) is 6.66. The Kier molecular flexibility index (Phi) is 11.4. The Bertz CT molecular complexity index is 1330. The molecule has 0 aromatic carbocycles. The van der Waals surface area contributed by atoms with E-state index in [1.54, 1.807) is 0 Å². The van der Waals surface area contributed by atoms with Crippen LogP contribution in [0.1, 0.15) is 85.5 Å². The third-order valence-electron chi connectivity index (χ3n) is 15.0. The normalized spacial score (nSPS) is 52.9. The van der Waals surface area contributed by atoms with Crippen LogP contribution >= 0.6 is 0 Å². The van der Waals surface area contributed by atoms with Crippen molar-refractivity contribution in [3.05, 3.63) is 11.6 Å². The van der Waals surface area contributed by atoms with Crippen molar-refractivity contribution < 1.29 is 59.8 Å². The highest BCUT2D eigenvalue weighted by atomic mass is 16.7. The predicted molar refractivity (Wildman–Crippen MR) is 188 cm³/mol. The van der Waals surface area contributed by atoms with Crippen LogP contribution in [0.3, 0.4) is 0 Å². The van der Waals surface area contributed by atoms with Crippen molar-refractivity contribution in [1.29, 1.82) is 0 Å². The number of allylic oxidation sites excluding steroid dienone is 1. The van der Waals surface area contributed by atoms with E-state index in [-0.39, 0.29) is 29.0 Å². The maximum Gasteiger partial charge on any atom is 0.187 e. The standard InChI is InChI=1S/C39H63NO12/c1-18-5-8-25(40-15-18)19(2)29-26(43)14-24-22-7-6-20-13-21(9-11-38(20,3)23(22)10-12-39(24,29)4)49-36-34(48)32(46)35(28(17-42)51-36)52-37-33(47)31(45)30(44)27(16-41)50-37/h6,18-19,21-24,26-37,41-48H,5,7-17H2,1-4H3. The number of aliphatic hydroxyl groups is 8. The van der Waals surface area contributed by atoms with Gasteiger partial charge in [-0.05, 0) is 104 Å². The molecule has 20 atom stereocenters. The molecular weight excluding hydrogens is 674 g/mol. The summed E-state index contributed by atoms with van der Waals surface area (Å²) in [6.07, 6.45) is -4.36. The Balaban J connectivity index is 0.999. The van der Waals surface area contributed by atoms with Gasteiger partial charge in [0.1, 0.15) is 48.8 Å². The SMILES string of the molecule is CC1CCC(C(C)C2C(O)CC3C4CC=C5CC(OC6OC(CO)C(OC7OC(CO)C(O)C(O)C7O)C(O)C6O)CCC5(C)C4CCC32C)=NC1. The molecule has 296 valence electrons. The van der Waals surface area contributed by atoms with E-state index in [1.807, 2.05) is 0 Å². The Labute approximate surface area is 307 Å². The average molecular weight is 738 g/mol. The van der Waals surface area contributed by atoms with Crippen molar-refractivity contribution >= 4 is 5.71 Å². The molecule has 3 heterocycles. The zero-order valence-electron chi connectivity index (χ0n) is 31.1. The number of rotatable bonds is 8. The maximum absolute atomic E-state index is 11.6. The van der Waals surface area contributed by atoms with Gasteiger partial charge in [0.25, 0.3) is 0 Å². The van der Waals surface area contributed by atoms with Crippen LogP contribution in [0, 0.1) is 46.3 Å². The van der Waals surface area contributed by atoms with Gasteiger partial charge in [-0.15, -0.1) is 0 Å². The molecule has 0 bridgehead atoms. The Morgan fingerprint density at radius 1 is 0.846 bits per heavy atom. The van der Waals surface area contributed by atoms with Crippen LogP contribution in [0.4, 0.5) is 0 Å². The Morgan fingerprint density at radius 3 is 2.23 bits per heavy atom. The van der Waals surface area contributed by atoms with Crippen LogP contribution in [-0.4, -0.2) is 140 Å². The lowest BCUT2D eigenvalue weighted by Crippen LogP contribution is -2.65. The molecule has 0 radical (unpaired) electrons. The van der Waals surface area contributed by atoms with E-state index in [1.165, 1.54) is 17.7 Å². The zero-order valence-corrected chi connectivity index (χ0v) is 31.1. The molecule has 20 unspecified atom stereocenters. The first kappa shape index (κ1) is 39.2. The monoisotopic (exact) mass is 737 g/mol. The van der Waals surface area contributed by atoms with Gasteiger partial charge in [-0.1, -0.05) is 39.3 Å². The summed E-state index contributed by atoms with van der Waals surface area (Å²) in [5.41, 5.74) is 2.75. The first-order chi connectivity index (χ1) is 24.7. The van der Waals surface area contributed by atoms with E-state index in [9.17, 15) is 40.9 Å². The molecule has 52 heavy (non-hydrogen) atoms. The first-order valence-corrected chi connectivity index (χ1v) is 19.9. The van der Waals surface area contributed by atoms with E-state index in [0.717, 1.165) is 51.5 Å². The van der Waals surface area contributed by atoms with E-state index >= 15 is 0 Å². The van der Waals surface area contributed by atoms with Gasteiger partial charge in [0, 0.05) is 12.3 Å². The summed E-state index contributed by atoms with van der Waals surface area (Å²) in [6, 6.07) is 0. The van der Waals surface area contributed by atoms with Crippen molar-refractivity contribution in [2.24, 2.45) is 51.3 Å². The molecule has 5 fully saturated rings. The topological polar surface area (TPSA) is 211 Å². The van der Waals surface area contributed by atoms with Gasteiger partial charge in [-0.3, -0.25) is 4.99 Å². The van der Waals surface area contributed by atoms with Crippen LogP contribution in [-0.2, 0) is 18.9 Å². The van der Waals surface area contributed by atoms with Crippen LogP contribution in [0.5, 0.6) is 0 Å². The Morgan fingerprint density at radius 2 is 1.54 bits per heavy atom. The predicted octanol–water partition coefficient (Wildman–Crippen LogP) is 1.05. The van der Waals surface area contributed by atoms with Crippen molar-refractivity contribution in [2.75, 3.05) is 19.8 Å². The highest BCUT2D eigenvalue weighted by Gasteiger charge is 2.62. The van der Waals surface area contributed by atoms with Crippen LogP contribution in [0.15, 0.2) is 16.6 Å². The van der Waals surface area contributed by atoms with E-state index in [0.29, 0.717) is 36.0 Å². The van der Waals surface area contributed by atoms with Gasteiger partial charge in [0.05, 0.1) is 25.4 Å². The second-order valence-electron chi connectivity index (χ2n) is 17.9. The fourth-order valence-electron chi connectivity index (χ4n) is 12.0. The van der Waals surface area contributed by atoms with Crippen molar-refractivity contribution in [3.63, 3.8) is 0 Å². The Hall–Kier alpha value is -1.07. The van der Waals surface area contributed by atoms with Crippen LogP contribution in [0.2, 0.25) is 0 Å². The minimum atomic E-state index is -1.72. The summed E-state index contributed by atoms with van der Waals surface area (Å²) in [5, 5.41) is 84.3. The minimum Gasteiger partial charge on any atom is -0.394 e. The molecule has 7 aliphatic rings. The molecular formula is C39H63NO12. The number of hydrogen-bond donors (Lipinski definition) is 8. The molecule has 0 amide bonds. The summed E-state index contributed by atoms with van der Waals surface area (Å²) >= 11 is 0. The lowest BCUT2D eigenvalue weighted by Gasteiger charge is -2.58. The molecule has 3 saturated carbocycles. The molecule has 13 heteroatoms. The summed E-state index contributed by atoms with van der Waals surface area (Å²) in [7, 11) is 0. The molecule has 0 aromatic heterocycles. The largest absolute Gasteiger partial charge is 0.394 e. The van der Waals surface area contributed by atoms with Gasteiger partial charge in [-0.25, -0.2) is 0 Å². The van der Waals surface area contributed by atoms with Gasteiger partial charge < -0.3 is 59.8 Å². The molecule has 0 aromatic rings. The number of hydrogen-bond acceptors (Lipinski definition) is 13. The summed E-state index contributed by atoms with van der Waals surface area (Å²) in [5.74, 6) is 2.64. The van der Waals surface area contributed by atoms with Crippen molar-refractivity contribution in [2.45, 2.75) is 159 Å². The maximum atomic E-state index is 11.6. The summed E-state index contributed by atoms with van der Waals surface area (Å²) in [6.45, 7) is 9.07. The highest BCUT2D eigenvalue weighted by Crippen LogP contribution is 2.67. The first-order valence-electron chi connectivity index (χ1n) is 19.9. The van der Waals surface area contributed by atoms with Gasteiger partial charge in [-0.2, -0.15) is 0 Å². The third-order valence-corrected chi connectivity index (χ3v) is 15.0. The van der Waals surface area contributed by atoms with Gasteiger partial charge in [0.15, 0.2) is 12.6 Å². The fourth-order valence-corrected chi connectivity index (χ4v) is 12.0. The smallest absolute Gasteiger partial charge is 0.187 e. The second-order valence-corrected chi connectivity index (χ2v) is 17.9. The lowest BCUT2D eigenvalue weighted by molar-refractivity contribution is -0.363. The molecule has 0 spiro atoms. The molecule has 2 saturated heterocycles. The van der Waals surface area contributed by atoms with Crippen molar-refractivity contribution in [1.82, 2.24) is 0 Å². The molecule has 13 nitrogen and oxygen atoms in total. The van der Waals surface area contributed by atoms with E-state index in [4.69, 9.17) is 23.9 Å². The number of aliphatic imine (C=N–C) groups is 1. The molecule has 7 rings (SSSR count). The second kappa shape index (κ2) is 15.1. The van der Waals surface area contributed by atoms with Gasteiger partial charge >= 0.3 is 0 Å². The highest BCUT2D eigenvalue weighted by molar-refractivity contribution is 5.87. The zero-order chi connectivity index (χ0) is 37.3. The van der Waals surface area contributed by atoms with E-state index in [2.05, 4.69) is 33.8 Å². The molecule has 8 N–H and O–H groups in total. The van der Waals surface area contributed by atoms with Gasteiger partial charge in [0.2, 0.25) is 0 Å². The number of aliphatic hydroxyl groups excluding tert-OH is 8. The minimum absolute atomic E-state index is 0.00583. The lowest BCUT2D eigenvalue weighted by atomic mass is 9.47. The average Bonchev–Trinajstić information content (AvgIpc) is 3.41. The number of nitrogens with zero attached hydrogens (tertiary/aromatic N) is 1. The molecule has 4 aliphatic carbocycles. The van der Waals surface area contributed by atoms with E-state index < -0.39 is 74.6 Å².